The molecule has 0 aromatic heterocycles. The summed E-state index contributed by atoms with van der Waals surface area (Å²) in [7, 11) is 0. The van der Waals surface area contributed by atoms with E-state index in [4.69, 9.17) is 4.74 Å². The molecule has 1 N–H and O–H groups in total. The summed E-state index contributed by atoms with van der Waals surface area (Å²) in [5.74, 6) is 1.01. The Kier molecular flexibility index (Phi) is 6.64. The number of ether oxygens (including phenoxy) is 1. The zero-order valence-corrected chi connectivity index (χ0v) is 15.1. The van der Waals surface area contributed by atoms with E-state index in [0.29, 0.717) is 6.61 Å². The van der Waals surface area contributed by atoms with Gasteiger partial charge < -0.3 is 9.84 Å². The molecule has 0 amide bonds. The predicted octanol–water partition coefficient (Wildman–Crippen LogP) is 5.86. The van der Waals surface area contributed by atoms with Crippen LogP contribution in [0.15, 0.2) is 73.4 Å². The minimum Gasteiger partial charge on any atom is -0.507 e. The van der Waals surface area contributed by atoms with Crippen LogP contribution in [0.1, 0.15) is 25.0 Å². The van der Waals surface area contributed by atoms with E-state index in [0.717, 1.165) is 40.8 Å². The Bertz CT molecular complexity index is 781. The molecular weight excluding hydrogens is 308 g/mol. The van der Waals surface area contributed by atoms with E-state index in [1.54, 1.807) is 6.07 Å². The van der Waals surface area contributed by atoms with Crippen molar-refractivity contribution >= 4 is 0 Å². The summed E-state index contributed by atoms with van der Waals surface area (Å²) in [4.78, 5) is 0. The Balaban J connectivity index is 2.49. The number of phenols is 1. The van der Waals surface area contributed by atoms with Gasteiger partial charge in [-0.15, -0.1) is 13.2 Å². The highest BCUT2D eigenvalue weighted by Gasteiger charge is 2.12. The third-order valence-electron chi connectivity index (χ3n) is 3.89. The van der Waals surface area contributed by atoms with E-state index < -0.39 is 0 Å². The summed E-state index contributed by atoms with van der Waals surface area (Å²) >= 11 is 0. The Morgan fingerprint density at radius 1 is 0.960 bits per heavy atom. The van der Waals surface area contributed by atoms with Crippen molar-refractivity contribution in [3.8, 4) is 22.6 Å². The van der Waals surface area contributed by atoms with E-state index in [-0.39, 0.29) is 5.75 Å². The van der Waals surface area contributed by atoms with Crippen LogP contribution in [-0.2, 0) is 12.8 Å². The molecule has 0 bridgehead atoms. The SMILES string of the molecule is C=CCc1ccc(O)c(-c2cc(CC=C)ccc2OCC=C(C)C)c1. The molecule has 0 heterocycles. The summed E-state index contributed by atoms with van der Waals surface area (Å²) in [5.41, 5.74) is 5.11. The van der Waals surface area contributed by atoms with Crippen LogP contribution < -0.4 is 4.74 Å². The average molecular weight is 334 g/mol. The first-order valence-electron chi connectivity index (χ1n) is 8.48. The van der Waals surface area contributed by atoms with Crippen LogP contribution in [0.3, 0.4) is 0 Å². The summed E-state index contributed by atoms with van der Waals surface area (Å²) in [5, 5.41) is 10.4. The Labute approximate surface area is 150 Å². The molecule has 2 aromatic carbocycles. The van der Waals surface area contributed by atoms with Gasteiger partial charge >= 0.3 is 0 Å². The summed E-state index contributed by atoms with van der Waals surface area (Å²) in [6.45, 7) is 12.2. The minimum absolute atomic E-state index is 0.246. The summed E-state index contributed by atoms with van der Waals surface area (Å²) in [6.07, 6.45) is 7.30. The van der Waals surface area contributed by atoms with Crippen LogP contribution >= 0.6 is 0 Å². The van der Waals surface area contributed by atoms with E-state index >= 15 is 0 Å². The average Bonchev–Trinajstić information content (AvgIpc) is 2.58. The highest BCUT2D eigenvalue weighted by atomic mass is 16.5. The monoisotopic (exact) mass is 334 g/mol. The zero-order chi connectivity index (χ0) is 18.2. The molecule has 2 aromatic rings. The number of rotatable bonds is 8. The van der Waals surface area contributed by atoms with Crippen molar-refractivity contribution in [1.29, 1.82) is 0 Å². The second kappa shape index (κ2) is 8.93. The lowest BCUT2D eigenvalue weighted by Gasteiger charge is -2.14. The van der Waals surface area contributed by atoms with Gasteiger partial charge in [-0.05, 0) is 68.2 Å². The van der Waals surface area contributed by atoms with Gasteiger partial charge in [0.1, 0.15) is 18.1 Å². The molecule has 0 spiro atoms. The Morgan fingerprint density at radius 2 is 1.56 bits per heavy atom. The number of benzene rings is 2. The van der Waals surface area contributed by atoms with Crippen molar-refractivity contribution in [2.45, 2.75) is 26.7 Å². The molecule has 2 rings (SSSR count). The van der Waals surface area contributed by atoms with Gasteiger partial charge in [-0.25, -0.2) is 0 Å². The summed E-state index contributed by atoms with van der Waals surface area (Å²) < 4.78 is 5.96. The number of phenolic OH excluding ortho intramolecular Hbond substituents is 1. The molecule has 0 radical (unpaired) electrons. The normalized spacial score (nSPS) is 10.2. The second-order valence-corrected chi connectivity index (χ2v) is 6.26. The van der Waals surface area contributed by atoms with Gasteiger partial charge in [-0.1, -0.05) is 29.9 Å². The van der Waals surface area contributed by atoms with Crippen LogP contribution in [0.2, 0.25) is 0 Å². The molecular formula is C23H26O2. The molecule has 130 valence electrons. The van der Waals surface area contributed by atoms with E-state index in [1.807, 2.05) is 56.3 Å². The fourth-order valence-electron chi connectivity index (χ4n) is 2.60. The highest BCUT2D eigenvalue weighted by Crippen LogP contribution is 2.37. The highest BCUT2D eigenvalue weighted by molar-refractivity contribution is 5.77. The van der Waals surface area contributed by atoms with Crippen LogP contribution in [-0.4, -0.2) is 11.7 Å². The van der Waals surface area contributed by atoms with Gasteiger partial charge in [0.2, 0.25) is 0 Å². The molecule has 0 saturated carbocycles. The van der Waals surface area contributed by atoms with Crippen LogP contribution in [0.25, 0.3) is 11.1 Å². The van der Waals surface area contributed by atoms with Crippen LogP contribution in [0.4, 0.5) is 0 Å². The topological polar surface area (TPSA) is 29.5 Å². The molecule has 0 saturated heterocycles. The van der Waals surface area contributed by atoms with E-state index in [9.17, 15) is 5.11 Å². The molecule has 2 nitrogen and oxygen atoms in total. The van der Waals surface area contributed by atoms with Gasteiger partial charge in [0, 0.05) is 11.1 Å². The van der Waals surface area contributed by atoms with Gasteiger partial charge in [0.25, 0.3) is 0 Å². The van der Waals surface area contributed by atoms with Crippen molar-refractivity contribution in [2.24, 2.45) is 0 Å². The summed E-state index contributed by atoms with van der Waals surface area (Å²) in [6, 6.07) is 11.7. The van der Waals surface area contributed by atoms with Crippen molar-refractivity contribution in [1.82, 2.24) is 0 Å². The Hall–Kier alpha value is -2.74. The van der Waals surface area contributed by atoms with E-state index in [2.05, 4.69) is 19.2 Å². The first-order chi connectivity index (χ1) is 12.0. The maximum Gasteiger partial charge on any atom is 0.127 e. The molecule has 0 unspecified atom stereocenters. The fraction of sp³-hybridized carbons (Fsp3) is 0.217. The van der Waals surface area contributed by atoms with Crippen molar-refractivity contribution in [3.05, 3.63) is 84.5 Å². The third-order valence-corrected chi connectivity index (χ3v) is 3.89. The molecule has 2 heteroatoms. The Morgan fingerprint density at radius 3 is 2.16 bits per heavy atom. The quantitative estimate of drug-likeness (QED) is 0.613. The largest absolute Gasteiger partial charge is 0.507 e. The van der Waals surface area contributed by atoms with Gasteiger partial charge in [-0.3, -0.25) is 0 Å². The lowest BCUT2D eigenvalue weighted by molar-refractivity contribution is 0.363. The molecule has 25 heavy (non-hydrogen) atoms. The van der Waals surface area contributed by atoms with Crippen LogP contribution in [0, 0.1) is 0 Å². The second-order valence-electron chi connectivity index (χ2n) is 6.26. The lowest BCUT2D eigenvalue weighted by Crippen LogP contribution is -1.98. The molecule has 0 aliphatic carbocycles. The maximum absolute atomic E-state index is 10.4. The predicted molar refractivity (Wildman–Crippen MR) is 106 cm³/mol. The van der Waals surface area contributed by atoms with Crippen molar-refractivity contribution < 1.29 is 9.84 Å². The molecule has 0 atom stereocenters. The first-order valence-corrected chi connectivity index (χ1v) is 8.48. The molecule has 0 aliphatic rings. The number of aromatic hydroxyl groups is 1. The maximum atomic E-state index is 10.4. The number of allylic oxidation sites excluding steroid dienone is 3. The van der Waals surface area contributed by atoms with Gasteiger partial charge in [-0.2, -0.15) is 0 Å². The van der Waals surface area contributed by atoms with Gasteiger partial charge in [0.15, 0.2) is 0 Å². The van der Waals surface area contributed by atoms with Gasteiger partial charge in [0.05, 0.1) is 0 Å². The van der Waals surface area contributed by atoms with Crippen molar-refractivity contribution in [2.75, 3.05) is 6.61 Å². The fourth-order valence-corrected chi connectivity index (χ4v) is 2.60. The number of hydrogen-bond donors (Lipinski definition) is 1. The van der Waals surface area contributed by atoms with Crippen molar-refractivity contribution in [3.63, 3.8) is 0 Å². The minimum atomic E-state index is 0.246. The smallest absolute Gasteiger partial charge is 0.127 e. The standard InChI is InChI=1S/C23H26O2/c1-5-7-18-9-11-22(24)20(15-18)21-16-19(8-6-2)10-12-23(21)25-14-13-17(3)4/h5-6,9-13,15-16,24H,1-2,7-8,14H2,3-4H3. The zero-order valence-electron chi connectivity index (χ0n) is 15.1. The third kappa shape index (κ3) is 5.12. The van der Waals surface area contributed by atoms with Crippen LogP contribution in [0.5, 0.6) is 11.5 Å². The molecule has 0 aliphatic heterocycles. The first kappa shape index (κ1) is 18.6. The lowest BCUT2D eigenvalue weighted by atomic mass is 9.97. The number of hydrogen-bond acceptors (Lipinski definition) is 2. The van der Waals surface area contributed by atoms with E-state index in [1.165, 1.54) is 5.57 Å². The molecule has 0 fully saturated rings.